The number of hydrogen-bond acceptors (Lipinski definition) is 3. The third-order valence-electron chi connectivity index (χ3n) is 3.33. The van der Waals surface area contributed by atoms with Crippen LogP contribution in [0.2, 0.25) is 0 Å². The van der Waals surface area contributed by atoms with Crippen LogP contribution in [-0.2, 0) is 4.74 Å². The van der Waals surface area contributed by atoms with E-state index in [0.29, 0.717) is 5.92 Å². The van der Waals surface area contributed by atoms with Crippen molar-refractivity contribution in [3.63, 3.8) is 0 Å². The molecule has 3 nitrogen and oxygen atoms in total. The summed E-state index contributed by atoms with van der Waals surface area (Å²) in [6.45, 7) is 4.57. The third-order valence-corrected chi connectivity index (χ3v) is 3.33. The van der Waals surface area contributed by atoms with Crippen LogP contribution in [0.25, 0.3) is 0 Å². The summed E-state index contributed by atoms with van der Waals surface area (Å²) in [5.41, 5.74) is 0.918. The highest BCUT2D eigenvalue weighted by molar-refractivity contribution is 5.45. The number of anilines is 1. The Morgan fingerprint density at radius 3 is 3.11 bits per heavy atom. The molecule has 100 valence electrons. The Morgan fingerprint density at radius 1 is 1.50 bits per heavy atom. The van der Waals surface area contributed by atoms with Gasteiger partial charge in [-0.15, -0.1) is 0 Å². The molecule has 2 rings (SSSR count). The van der Waals surface area contributed by atoms with E-state index in [1.165, 1.54) is 6.07 Å². The summed E-state index contributed by atoms with van der Waals surface area (Å²) in [6, 6.07) is 6.69. The average Bonchev–Trinajstić information content (AvgIpc) is 2.87. The molecular weight excluding hydrogens is 231 g/mol. The van der Waals surface area contributed by atoms with Gasteiger partial charge in [-0.1, -0.05) is 6.07 Å². The monoisotopic (exact) mass is 252 g/mol. The molecule has 1 N–H and O–H groups in total. The standard InChI is InChI=1S/C14H21FN2O/c1-17(14-4-2-3-13(15)9-14)7-6-16-10-12-5-8-18-11-12/h2-4,9,12,16H,5-8,10-11H2,1H3. The fraction of sp³-hybridized carbons (Fsp3) is 0.571. The molecular formula is C14H21FN2O. The molecule has 1 unspecified atom stereocenters. The molecule has 1 aromatic carbocycles. The molecule has 1 aromatic rings. The molecule has 0 spiro atoms. The maximum Gasteiger partial charge on any atom is 0.125 e. The SMILES string of the molecule is CN(CCNCC1CCOC1)c1cccc(F)c1. The molecule has 1 aliphatic rings. The van der Waals surface area contributed by atoms with Crippen LogP contribution in [0, 0.1) is 11.7 Å². The van der Waals surface area contributed by atoms with Crippen LogP contribution >= 0.6 is 0 Å². The predicted octanol–water partition coefficient (Wildman–Crippen LogP) is 1.89. The van der Waals surface area contributed by atoms with Gasteiger partial charge in [-0.05, 0) is 30.5 Å². The normalized spacial score (nSPS) is 19.1. The zero-order chi connectivity index (χ0) is 12.8. The van der Waals surface area contributed by atoms with Crippen molar-refractivity contribution in [3.05, 3.63) is 30.1 Å². The van der Waals surface area contributed by atoms with Crippen molar-refractivity contribution in [2.45, 2.75) is 6.42 Å². The van der Waals surface area contributed by atoms with Crippen molar-refractivity contribution in [2.24, 2.45) is 5.92 Å². The molecule has 4 heteroatoms. The summed E-state index contributed by atoms with van der Waals surface area (Å²) in [6.07, 6.45) is 1.16. The van der Waals surface area contributed by atoms with E-state index >= 15 is 0 Å². The summed E-state index contributed by atoms with van der Waals surface area (Å²) < 4.78 is 18.4. The molecule has 0 amide bonds. The molecule has 1 saturated heterocycles. The van der Waals surface area contributed by atoms with Crippen molar-refractivity contribution in [1.29, 1.82) is 0 Å². The van der Waals surface area contributed by atoms with Crippen molar-refractivity contribution in [2.75, 3.05) is 44.8 Å². The average molecular weight is 252 g/mol. The van der Waals surface area contributed by atoms with Crippen LogP contribution in [0.1, 0.15) is 6.42 Å². The summed E-state index contributed by atoms with van der Waals surface area (Å²) in [4.78, 5) is 2.06. The summed E-state index contributed by atoms with van der Waals surface area (Å²) in [5, 5.41) is 3.43. The van der Waals surface area contributed by atoms with Crippen molar-refractivity contribution < 1.29 is 9.13 Å². The van der Waals surface area contributed by atoms with Gasteiger partial charge >= 0.3 is 0 Å². The minimum atomic E-state index is -0.185. The second-order valence-electron chi connectivity index (χ2n) is 4.84. The van der Waals surface area contributed by atoms with E-state index in [-0.39, 0.29) is 5.82 Å². The Morgan fingerprint density at radius 2 is 2.39 bits per heavy atom. The molecule has 18 heavy (non-hydrogen) atoms. The number of nitrogens with one attached hydrogen (secondary N) is 1. The molecule has 0 aliphatic carbocycles. The van der Waals surface area contributed by atoms with Crippen LogP contribution in [0.4, 0.5) is 10.1 Å². The van der Waals surface area contributed by atoms with Crippen molar-refractivity contribution in [3.8, 4) is 0 Å². The Kier molecular flexibility index (Phi) is 4.96. The summed E-state index contributed by atoms with van der Waals surface area (Å²) in [5.74, 6) is 0.472. The highest BCUT2D eigenvalue weighted by Crippen LogP contribution is 2.13. The second kappa shape index (κ2) is 6.71. The Balaban J connectivity index is 1.66. The Labute approximate surface area is 108 Å². The molecule has 0 saturated carbocycles. The number of ether oxygens (including phenoxy) is 1. The lowest BCUT2D eigenvalue weighted by atomic mass is 10.1. The van der Waals surface area contributed by atoms with E-state index in [9.17, 15) is 4.39 Å². The Bertz CT molecular complexity index is 367. The number of benzene rings is 1. The van der Waals surface area contributed by atoms with Crippen molar-refractivity contribution in [1.82, 2.24) is 5.32 Å². The van der Waals surface area contributed by atoms with E-state index in [0.717, 1.165) is 45.0 Å². The third kappa shape index (κ3) is 3.96. The maximum atomic E-state index is 13.1. The second-order valence-corrected chi connectivity index (χ2v) is 4.84. The van der Waals surface area contributed by atoms with Gasteiger partial charge in [-0.3, -0.25) is 0 Å². The quantitative estimate of drug-likeness (QED) is 0.782. The van der Waals surface area contributed by atoms with Crippen LogP contribution in [0.15, 0.2) is 24.3 Å². The first-order valence-corrected chi connectivity index (χ1v) is 6.51. The summed E-state index contributed by atoms with van der Waals surface area (Å²) >= 11 is 0. The first-order valence-electron chi connectivity index (χ1n) is 6.51. The van der Waals surface area contributed by atoms with Gasteiger partial charge in [0.25, 0.3) is 0 Å². The predicted molar refractivity (Wildman–Crippen MR) is 71.5 cm³/mol. The number of likely N-dealkylation sites (N-methyl/N-ethyl adjacent to an activating group) is 1. The van der Waals surface area contributed by atoms with E-state index in [1.807, 2.05) is 13.1 Å². The minimum absolute atomic E-state index is 0.185. The molecule has 1 fully saturated rings. The van der Waals surface area contributed by atoms with Crippen LogP contribution in [0.3, 0.4) is 0 Å². The van der Waals surface area contributed by atoms with Gasteiger partial charge in [0.1, 0.15) is 5.82 Å². The van der Waals surface area contributed by atoms with Gasteiger partial charge in [0.05, 0.1) is 6.61 Å². The molecule has 1 heterocycles. The van der Waals surface area contributed by atoms with Crippen molar-refractivity contribution >= 4 is 5.69 Å². The molecule has 1 aliphatic heterocycles. The summed E-state index contributed by atoms with van der Waals surface area (Å²) in [7, 11) is 1.98. The van der Waals surface area contributed by atoms with Crippen LogP contribution in [-0.4, -0.2) is 39.9 Å². The lowest BCUT2D eigenvalue weighted by Gasteiger charge is -2.20. The highest BCUT2D eigenvalue weighted by Gasteiger charge is 2.14. The lowest BCUT2D eigenvalue weighted by Crippen LogP contribution is -2.32. The van der Waals surface area contributed by atoms with Gasteiger partial charge in [0.15, 0.2) is 0 Å². The van der Waals surface area contributed by atoms with Gasteiger partial charge < -0.3 is 15.0 Å². The maximum absolute atomic E-state index is 13.1. The minimum Gasteiger partial charge on any atom is -0.381 e. The highest BCUT2D eigenvalue weighted by atomic mass is 19.1. The molecule has 0 radical (unpaired) electrons. The fourth-order valence-corrected chi connectivity index (χ4v) is 2.14. The number of rotatable bonds is 6. The Hall–Kier alpha value is -1.13. The smallest absolute Gasteiger partial charge is 0.125 e. The van der Waals surface area contributed by atoms with E-state index in [2.05, 4.69) is 10.2 Å². The topological polar surface area (TPSA) is 24.5 Å². The van der Waals surface area contributed by atoms with E-state index in [1.54, 1.807) is 12.1 Å². The molecule has 0 bridgehead atoms. The van der Waals surface area contributed by atoms with Gasteiger partial charge in [-0.2, -0.15) is 0 Å². The van der Waals surface area contributed by atoms with Gasteiger partial charge in [0, 0.05) is 39.0 Å². The largest absolute Gasteiger partial charge is 0.381 e. The lowest BCUT2D eigenvalue weighted by molar-refractivity contribution is 0.185. The zero-order valence-corrected chi connectivity index (χ0v) is 10.9. The molecule has 0 aromatic heterocycles. The molecule has 1 atom stereocenters. The van der Waals surface area contributed by atoms with E-state index < -0.39 is 0 Å². The van der Waals surface area contributed by atoms with Gasteiger partial charge in [0.2, 0.25) is 0 Å². The first kappa shape index (κ1) is 13.3. The van der Waals surface area contributed by atoms with Crippen LogP contribution in [0.5, 0.6) is 0 Å². The number of hydrogen-bond donors (Lipinski definition) is 1. The van der Waals surface area contributed by atoms with Gasteiger partial charge in [-0.25, -0.2) is 4.39 Å². The zero-order valence-electron chi connectivity index (χ0n) is 10.9. The van der Waals surface area contributed by atoms with E-state index in [4.69, 9.17) is 4.74 Å². The fourth-order valence-electron chi connectivity index (χ4n) is 2.14. The van der Waals surface area contributed by atoms with Crippen LogP contribution < -0.4 is 10.2 Å². The number of nitrogens with zero attached hydrogens (tertiary/aromatic N) is 1. The first-order chi connectivity index (χ1) is 8.75. The number of halogens is 1.